The predicted octanol–water partition coefficient (Wildman–Crippen LogP) is 3.23. The van der Waals surface area contributed by atoms with Crippen molar-refractivity contribution in [3.63, 3.8) is 0 Å². The molecule has 1 N–H and O–H groups in total. The molecule has 1 aromatic carbocycles. The molecular formula is C21H22N4O2. The summed E-state index contributed by atoms with van der Waals surface area (Å²) in [4.78, 5) is 25.5. The van der Waals surface area contributed by atoms with Crippen LogP contribution in [-0.2, 0) is 11.8 Å². The minimum atomic E-state index is -0.543. The van der Waals surface area contributed by atoms with Crippen molar-refractivity contribution in [2.45, 2.75) is 26.2 Å². The number of rotatable bonds is 4. The van der Waals surface area contributed by atoms with Crippen LogP contribution < -0.4 is 10.9 Å². The van der Waals surface area contributed by atoms with Crippen LogP contribution in [0, 0.1) is 24.2 Å². The first-order valence-corrected chi connectivity index (χ1v) is 8.95. The SMILES string of the molecule is Cc1c(NC(=O)C(C#N)=CC2CC=CCC2)c(=O)n(-c2ccccc2)n1C. The lowest BCUT2D eigenvalue weighted by atomic mass is 9.92. The Labute approximate surface area is 158 Å². The van der Waals surface area contributed by atoms with Gasteiger partial charge in [-0.3, -0.25) is 14.3 Å². The van der Waals surface area contributed by atoms with Gasteiger partial charge in [-0.2, -0.15) is 5.26 Å². The van der Waals surface area contributed by atoms with Crippen LogP contribution in [0.25, 0.3) is 5.69 Å². The van der Waals surface area contributed by atoms with E-state index in [2.05, 4.69) is 17.5 Å². The van der Waals surface area contributed by atoms with Crippen LogP contribution in [0.5, 0.6) is 0 Å². The topological polar surface area (TPSA) is 79.8 Å². The van der Waals surface area contributed by atoms with Crippen LogP contribution in [-0.4, -0.2) is 15.3 Å². The first-order chi connectivity index (χ1) is 13.0. The fourth-order valence-corrected chi connectivity index (χ4v) is 3.26. The molecule has 0 spiro atoms. The van der Waals surface area contributed by atoms with Crippen molar-refractivity contribution in [3.8, 4) is 11.8 Å². The maximum absolute atomic E-state index is 12.9. The van der Waals surface area contributed by atoms with Gasteiger partial charge in [-0.05, 0) is 44.2 Å². The Morgan fingerprint density at radius 3 is 2.67 bits per heavy atom. The number of nitrogens with one attached hydrogen (secondary N) is 1. The summed E-state index contributed by atoms with van der Waals surface area (Å²) in [6, 6.07) is 11.2. The molecule has 2 aromatic rings. The molecule has 138 valence electrons. The van der Waals surface area contributed by atoms with E-state index in [0.717, 1.165) is 19.3 Å². The Kier molecular flexibility index (Phi) is 5.41. The van der Waals surface area contributed by atoms with Gasteiger partial charge in [-0.1, -0.05) is 36.4 Å². The van der Waals surface area contributed by atoms with Gasteiger partial charge in [0.2, 0.25) is 0 Å². The van der Waals surface area contributed by atoms with Gasteiger partial charge < -0.3 is 5.32 Å². The average Bonchev–Trinajstić information content (AvgIpc) is 2.90. The van der Waals surface area contributed by atoms with E-state index < -0.39 is 5.91 Å². The number of benzene rings is 1. The summed E-state index contributed by atoms with van der Waals surface area (Å²) in [5.41, 5.74) is 1.24. The number of nitriles is 1. The molecule has 1 aromatic heterocycles. The van der Waals surface area contributed by atoms with E-state index in [1.54, 1.807) is 24.7 Å². The molecule has 0 aliphatic heterocycles. The second-order valence-electron chi connectivity index (χ2n) is 6.63. The van der Waals surface area contributed by atoms with Gasteiger partial charge >= 0.3 is 0 Å². The molecule has 0 radical (unpaired) electrons. The third-order valence-corrected chi connectivity index (χ3v) is 4.87. The summed E-state index contributed by atoms with van der Waals surface area (Å²) in [7, 11) is 1.76. The van der Waals surface area contributed by atoms with Gasteiger partial charge in [-0.25, -0.2) is 4.68 Å². The highest BCUT2D eigenvalue weighted by Gasteiger charge is 2.20. The van der Waals surface area contributed by atoms with Gasteiger partial charge in [0.25, 0.3) is 11.5 Å². The van der Waals surface area contributed by atoms with Crippen molar-refractivity contribution < 1.29 is 4.79 Å². The minimum Gasteiger partial charge on any atom is -0.315 e. The molecule has 1 unspecified atom stereocenters. The lowest BCUT2D eigenvalue weighted by Crippen LogP contribution is -2.23. The first kappa shape index (κ1) is 18.5. The summed E-state index contributed by atoms with van der Waals surface area (Å²) in [6.07, 6.45) is 8.57. The fourth-order valence-electron chi connectivity index (χ4n) is 3.26. The molecule has 6 nitrogen and oxygen atoms in total. The third kappa shape index (κ3) is 3.77. The Balaban J connectivity index is 1.90. The van der Waals surface area contributed by atoms with Crippen molar-refractivity contribution in [1.82, 2.24) is 9.36 Å². The van der Waals surface area contributed by atoms with Gasteiger partial charge in [0.1, 0.15) is 17.3 Å². The summed E-state index contributed by atoms with van der Waals surface area (Å²) in [6.45, 7) is 1.76. The molecule has 1 atom stereocenters. The van der Waals surface area contributed by atoms with E-state index in [4.69, 9.17) is 0 Å². The molecule has 0 bridgehead atoms. The summed E-state index contributed by atoms with van der Waals surface area (Å²) in [5, 5.41) is 12.0. The maximum Gasteiger partial charge on any atom is 0.295 e. The van der Waals surface area contributed by atoms with Crippen molar-refractivity contribution in [1.29, 1.82) is 5.26 Å². The van der Waals surface area contributed by atoms with E-state index in [0.29, 0.717) is 11.4 Å². The van der Waals surface area contributed by atoms with Crippen molar-refractivity contribution in [2.24, 2.45) is 13.0 Å². The number of hydrogen-bond acceptors (Lipinski definition) is 3. The largest absolute Gasteiger partial charge is 0.315 e. The molecular weight excluding hydrogens is 340 g/mol. The second-order valence-corrected chi connectivity index (χ2v) is 6.63. The molecule has 1 heterocycles. The Morgan fingerprint density at radius 2 is 2.04 bits per heavy atom. The summed E-state index contributed by atoms with van der Waals surface area (Å²) in [5.74, 6) is -0.369. The Morgan fingerprint density at radius 1 is 1.30 bits per heavy atom. The van der Waals surface area contributed by atoms with Crippen molar-refractivity contribution in [2.75, 3.05) is 5.32 Å². The quantitative estimate of drug-likeness (QED) is 0.515. The molecule has 1 amide bonds. The van der Waals surface area contributed by atoms with Crippen molar-refractivity contribution >= 4 is 11.6 Å². The summed E-state index contributed by atoms with van der Waals surface area (Å²) >= 11 is 0. The van der Waals surface area contributed by atoms with Crippen molar-refractivity contribution in [3.05, 3.63) is 70.2 Å². The van der Waals surface area contributed by atoms with Crippen LogP contribution in [0.1, 0.15) is 25.0 Å². The third-order valence-electron chi connectivity index (χ3n) is 4.87. The zero-order valence-electron chi connectivity index (χ0n) is 15.5. The standard InChI is InChI=1S/C21H22N4O2/c1-15-19(21(27)25(24(15)2)18-11-7-4-8-12-18)23-20(26)17(14-22)13-16-9-5-3-6-10-16/h3-5,7-8,11-13,16H,6,9-10H2,1-2H3,(H,23,26). The monoisotopic (exact) mass is 362 g/mol. The Bertz CT molecular complexity index is 1000. The lowest BCUT2D eigenvalue weighted by molar-refractivity contribution is -0.112. The average molecular weight is 362 g/mol. The summed E-state index contributed by atoms with van der Waals surface area (Å²) < 4.78 is 3.18. The van der Waals surface area contributed by atoms with Gasteiger partial charge in [0, 0.05) is 7.05 Å². The fraction of sp³-hybridized carbons (Fsp3) is 0.286. The second kappa shape index (κ2) is 7.92. The van der Waals surface area contributed by atoms with E-state index in [1.807, 2.05) is 36.4 Å². The number of carbonyl (C=O) groups is 1. The van der Waals surface area contributed by atoms with E-state index in [1.165, 1.54) is 4.68 Å². The molecule has 0 saturated carbocycles. The number of hydrogen-bond donors (Lipinski definition) is 1. The number of carbonyl (C=O) groups excluding carboxylic acids is 1. The molecule has 1 aliphatic rings. The number of anilines is 1. The highest BCUT2D eigenvalue weighted by atomic mass is 16.2. The molecule has 6 heteroatoms. The number of para-hydroxylation sites is 1. The number of amides is 1. The molecule has 0 saturated heterocycles. The highest BCUT2D eigenvalue weighted by molar-refractivity contribution is 6.06. The zero-order chi connectivity index (χ0) is 19.4. The zero-order valence-corrected chi connectivity index (χ0v) is 15.5. The highest BCUT2D eigenvalue weighted by Crippen LogP contribution is 2.21. The van der Waals surface area contributed by atoms with Gasteiger partial charge in [0.05, 0.1) is 11.4 Å². The Hall–Kier alpha value is -3.33. The number of nitrogens with zero attached hydrogens (tertiary/aromatic N) is 3. The normalized spacial score (nSPS) is 16.8. The van der Waals surface area contributed by atoms with Crippen LogP contribution in [0.15, 0.2) is 58.9 Å². The lowest BCUT2D eigenvalue weighted by Gasteiger charge is -2.13. The van der Waals surface area contributed by atoms with Crippen LogP contribution >= 0.6 is 0 Å². The number of aromatic nitrogens is 2. The smallest absolute Gasteiger partial charge is 0.295 e. The first-order valence-electron chi connectivity index (χ1n) is 8.95. The molecule has 0 fully saturated rings. The molecule has 1 aliphatic carbocycles. The van der Waals surface area contributed by atoms with Crippen LogP contribution in [0.3, 0.4) is 0 Å². The van der Waals surface area contributed by atoms with E-state index >= 15 is 0 Å². The molecule has 3 rings (SSSR count). The predicted molar refractivity (Wildman–Crippen MR) is 105 cm³/mol. The maximum atomic E-state index is 12.9. The van der Waals surface area contributed by atoms with Gasteiger partial charge in [0.15, 0.2) is 0 Å². The van der Waals surface area contributed by atoms with Crippen LogP contribution in [0.4, 0.5) is 5.69 Å². The molecule has 27 heavy (non-hydrogen) atoms. The minimum absolute atomic E-state index is 0.0456. The van der Waals surface area contributed by atoms with E-state index in [-0.39, 0.29) is 22.7 Å². The van der Waals surface area contributed by atoms with E-state index in [9.17, 15) is 14.9 Å². The van der Waals surface area contributed by atoms with Crippen LogP contribution in [0.2, 0.25) is 0 Å². The number of allylic oxidation sites excluding steroid dienone is 3. The van der Waals surface area contributed by atoms with Gasteiger partial charge in [-0.15, -0.1) is 0 Å².